The minimum absolute atomic E-state index is 0.0146. The summed E-state index contributed by atoms with van der Waals surface area (Å²) in [5.74, 6) is -0.592. The van der Waals surface area contributed by atoms with Crippen LogP contribution in [0.5, 0.6) is 5.19 Å². The van der Waals surface area contributed by atoms with Crippen LogP contribution in [0.3, 0.4) is 0 Å². The number of fused-ring (bicyclic) bond motifs is 2. The van der Waals surface area contributed by atoms with E-state index in [1.165, 1.54) is 4.57 Å². The van der Waals surface area contributed by atoms with Gasteiger partial charge in [0.1, 0.15) is 12.6 Å². The maximum Gasteiger partial charge on any atom is 0.420 e. The minimum atomic E-state index is -0.506. The molecule has 0 bridgehead atoms. The largest absolute Gasteiger partial charge is 0.467 e. The highest BCUT2D eigenvalue weighted by atomic mass is 32.1. The van der Waals surface area contributed by atoms with Crippen LogP contribution in [0, 0.1) is 0 Å². The molecule has 2 aromatic carbocycles. The van der Waals surface area contributed by atoms with Crippen LogP contribution >= 0.6 is 11.3 Å². The van der Waals surface area contributed by atoms with Gasteiger partial charge in [0.25, 0.3) is 5.19 Å². The molecule has 1 aliphatic heterocycles. The summed E-state index contributed by atoms with van der Waals surface area (Å²) >= 11 is 1.54. The first kappa shape index (κ1) is 17.9. The van der Waals surface area contributed by atoms with E-state index in [-0.39, 0.29) is 18.6 Å². The first-order valence-electron chi connectivity index (χ1n) is 9.56. The van der Waals surface area contributed by atoms with E-state index in [0.29, 0.717) is 29.4 Å². The van der Waals surface area contributed by atoms with Crippen molar-refractivity contribution in [2.75, 3.05) is 13.1 Å². The van der Waals surface area contributed by atoms with Gasteiger partial charge in [-0.05, 0) is 24.3 Å². The number of aromatic nitrogens is 2. The van der Waals surface area contributed by atoms with Crippen LogP contribution in [0.1, 0.15) is 12.8 Å². The molecule has 0 atom stereocenters. The number of piperidine rings is 1. The van der Waals surface area contributed by atoms with Gasteiger partial charge in [-0.15, -0.1) is 0 Å². The van der Waals surface area contributed by atoms with E-state index in [9.17, 15) is 9.59 Å². The zero-order chi connectivity index (χ0) is 19.8. The summed E-state index contributed by atoms with van der Waals surface area (Å²) in [7, 11) is 0. The number of oxazole rings is 1. The van der Waals surface area contributed by atoms with Gasteiger partial charge in [-0.2, -0.15) is 0 Å². The molecule has 0 saturated carbocycles. The maximum atomic E-state index is 12.7. The van der Waals surface area contributed by atoms with Gasteiger partial charge in [-0.1, -0.05) is 35.6 Å². The first-order valence-corrected chi connectivity index (χ1v) is 10.4. The average molecular weight is 409 g/mol. The van der Waals surface area contributed by atoms with Gasteiger partial charge in [0.2, 0.25) is 5.91 Å². The van der Waals surface area contributed by atoms with E-state index in [0.717, 1.165) is 23.1 Å². The molecule has 3 heterocycles. The van der Waals surface area contributed by atoms with E-state index in [1.807, 2.05) is 30.3 Å². The Hall–Kier alpha value is -3.13. The Morgan fingerprint density at radius 3 is 2.72 bits per heavy atom. The molecule has 7 nitrogen and oxygen atoms in total. The molecule has 0 spiro atoms. The number of carbonyl (C=O) groups is 1. The molecule has 0 unspecified atom stereocenters. The van der Waals surface area contributed by atoms with Gasteiger partial charge in [0, 0.05) is 25.9 Å². The van der Waals surface area contributed by atoms with Gasteiger partial charge in [-0.3, -0.25) is 9.36 Å². The second-order valence-corrected chi connectivity index (χ2v) is 8.06. The lowest BCUT2D eigenvalue weighted by molar-refractivity contribution is -0.133. The van der Waals surface area contributed by atoms with E-state index in [4.69, 9.17) is 9.15 Å². The molecule has 0 radical (unpaired) electrons. The predicted octanol–water partition coefficient (Wildman–Crippen LogP) is 3.27. The molecular formula is C21H19N3O4S. The monoisotopic (exact) mass is 409 g/mol. The number of benzene rings is 2. The Bertz CT molecular complexity index is 1200. The van der Waals surface area contributed by atoms with Crippen molar-refractivity contribution >= 4 is 38.6 Å². The fraction of sp³-hybridized carbons (Fsp3) is 0.286. The maximum absolute atomic E-state index is 12.7. The average Bonchev–Trinajstić information content (AvgIpc) is 3.28. The molecule has 8 heteroatoms. The standard InChI is InChI=1S/C21H19N3O4S/c25-19(13-24-16-6-2-3-7-17(16)28-21(24)26)23-11-9-14(10-12-23)27-20-22-15-5-1-4-8-18(15)29-20/h1-8,14H,9-13H2. The Morgan fingerprint density at radius 1 is 1.14 bits per heavy atom. The number of hydrogen-bond donors (Lipinski definition) is 0. The molecule has 29 heavy (non-hydrogen) atoms. The van der Waals surface area contributed by atoms with Crippen LogP contribution in [0.15, 0.2) is 57.7 Å². The van der Waals surface area contributed by atoms with Crippen molar-refractivity contribution in [3.05, 3.63) is 59.1 Å². The van der Waals surface area contributed by atoms with Crippen molar-refractivity contribution in [3.63, 3.8) is 0 Å². The third-order valence-corrected chi connectivity index (χ3v) is 6.13. The van der Waals surface area contributed by atoms with Crippen molar-refractivity contribution in [3.8, 4) is 5.19 Å². The molecule has 4 aromatic rings. The van der Waals surface area contributed by atoms with Crippen LogP contribution in [0.25, 0.3) is 21.3 Å². The normalized spacial score (nSPS) is 15.2. The highest BCUT2D eigenvalue weighted by Gasteiger charge is 2.25. The lowest BCUT2D eigenvalue weighted by atomic mass is 10.1. The van der Waals surface area contributed by atoms with E-state index in [2.05, 4.69) is 4.98 Å². The van der Waals surface area contributed by atoms with Crippen molar-refractivity contribution in [1.29, 1.82) is 0 Å². The highest BCUT2D eigenvalue weighted by molar-refractivity contribution is 7.20. The topological polar surface area (TPSA) is 77.6 Å². The lowest BCUT2D eigenvalue weighted by Crippen LogP contribution is -2.43. The summed E-state index contributed by atoms with van der Waals surface area (Å²) in [4.78, 5) is 31.1. The van der Waals surface area contributed by atoms with Gasteiger partial charge in [-0.25, -0.2) is 9.78 Å². The number of nitrogens with zero attached hydrogens (tertiary/aromatic N) is 3. The number of thiazole rings is 1. The molecule has 0 N–H and O–H groups in total. The van der Waals surface area contributed by atoms with Crippen molar-refractivity contribution in [1.82, 2.24) is 14.5 Å². The molecular weight excluding hydrogens is 390 g/mol. The summed E-state index contributed by atoms with van der Waals surface area (Å²) in [5.41, 5.74) is 2.08. The predicted molar refractivity (Wildman–Crippen MR) is 110 cm³/mol. The molecule has 5 rings (SSSR count). The summed E-state index contributed by atoms with van der Waals surface area (Å²) in [6, 6.07) is 15.1. The first-order chi connectivity index (χ1) is 14.2. The number of hydrogen-bond acceptors (Lipinski definition) is 6. The van der Waals surface area contributed by atoms with Crippen LogP contribution in [-0.2, 0) is 11.3 Å². The molecule has 148 valence electrons. The fourth-order valence-electron chi connectivity index (χ4n) is 3.67. The molecule has 0 aliphatic carbocycles. The summed E-state index contributed by atoms with van der Waals surface area (Å²) in [5, 5.41) is 0.674. The van der Waals surface area contributed by atoms with E-state index >= 15 is 0 Å². The minimum Gasteiger partial charge on any atom is -0.467 e. The lowest BCUT2D eigenvalue weighted by Gasteiger charge is -2.31. The molecule has 2 aromatic heterocycles. The molecule has 1 amide bonds. The number of amides is 1. The van der Waals surface area contributed by atoms with Gasteiger partial charge in [0.15, 0.2) is 5.58 Å². The molecule has 1 saturated heterocycles. The van der Waals surface area contributed by atoms with Gasteiger partial charge in [0.05, 0.1) is 15.7 Å². The molecule has 1 aliphatic rings. The number of ether oxygens (including phenoxy) is 1. The Balaban J connectivity index is 1.21. The number of likely N-dealkylation sites (tertiary alicyclic amines) is 1. The third-order valence-electron chi connectivity index (χ3n) is 5.20. The summed E-state index contributed by atoms with van der Waals surface area (Å²) in [6.45, 7) is 1.18. The Labute approximate surface area is 170 Å². The summed E-state index contributed by atoms with van der Waals surface area (Å²) < 4.78 is 13.8. The smallest absolute Gasteiger partial charge is 0.420 e. The number of carbonyl (C=O) groups excluding carboxylic acids is 1. The second-order valence-electron chi connectivity index (χ2n) is 7.07. The fourth-order valence-corrected chi connectivity index (χ4v) is 4.55. The van der Waals surface area contributed by atoms with Crippen molar-refractivity contribution in [2.24, 2.45) is 0 Å². The highest BCUT2D eigenvalue weighted by Crippen LogP contribution is 2.29. The van der Waals surface area contributed by atoms with Crippen molar-refractivity contribution in [2.45, 2.75) is 25.5 Å². The quantitative estimate of drug-likeness (QED) is 0.517. The van der Waals surface area contributed by atoms with Crippen LogP contribution in [0.4, 0.5) is 0 Å². The molecule has 1 fully saturated rings. The third kappa shape index (κ3) is 3.51. The van der Waals surface area contributed by atoms with Crippen LogP contribution in [-0.4, -0.2) is 39.6 Å². The number of para-hydroxylation sites is 3. The van der Waals surface area contributed by atoms with Crippen LogP contribution in [0.2, 0.25) is 0 Å². The summed E-state index contributed by atoms with van der Waals surface area (Å²) in [6.07, 6.45) is 1.52. The Morgan fingerprint density at radius 2 is 1.90 bits per heavy atom. The second kappa shape index (κ2) is 7.36. The van der Waals surface area contributed by atoms with E-state index < -0.39 is 5.76 Å². The zero-order valence-electron chi connectivity index (χ0n) is 15.6. The van der Waals surface area contributed by atoms with Gasteiger partial charge < -0.3 is 14.1 Å². The Kier molecular flexibility index (Phi) is 4.55. The van der Waals surface area contributed by atoms with Crippen molar-refractivity contribution < 1.29 is 13.9 Å². The number of rotatable bonds is 4. The van der Waals surface area contributed by atoms with Crippen LogP contribution < -0.4 is 10.5 Å². The van der Waals surface area contributed by atoms with Gasteiger partial charge >= 0.3 is 5.76 Å². The SMILES string of the molecule is O=C(Cn1c(=O)oc2ccccc21)N1CCC(Oc2nc3ccccc3s2)CC1. The van der Waals surface area contributed by atoms with E-state index in [1.54, 1.807) is 34.4 Å². The zero-order valence-corrected chi connectivity index (χ0v) is 16.4.